The van der Waals surface area contributed by atoms with E-state index in [1.807, 2.05) is 41.6 Å². The van der Waals surface area contributed by atoms with Crippen LogP contribution in [0.4, 0.5) is 5.13 Å². The zero-order valence-electron chi connectivity index (χ0n) is 20.0. The van der Waals surface area contributed by atoms with Crippen molar-refractivity contribution in [2.75, 3.05) is 18.6 Å². The summed E-state index contributed by atoms with van der Waals surface area (Å²) in [4.78, 5) is 52.7. The Hall–Kier alpha value is -3.98. The third kappa shape index (κ3) is 4.29. The smallest absolute Gasteiger partial charge is 0.352 e. The summed E-state index contributed by atoms with van der Waals surface area (Å²) in [5, 5.41) is 17.6. The first-order valence-electron chi connectivity index (χ1n) is 11.0. The average Bonchev–Trinajstić information content (AvgIpc) is 3.42. The van der Waals surface area contributed by atoms with Gasteiger partial charge < -0.3 is 25.6 Å². The second kappa shape index (κ2) is 9.48. The lowest BCUT2D eigenvalue weighted by Crippen LogP contribution is -2.71. The lowest BCUT2D eigenvalue weighted by atomic mass is 10.0. The number of nitrogens with two attached hydrogens (primary N) is 1. The van der Waals surface area contributed by atoms with Gasteiger partial charge in [0, 0.05) is 29.8 Å². The minimum absolute atomic E-state index is 0.0638. The van der Waals surface area contributed by atoms with Crippen molar-refractivity contribution in [3.05, 3.63) is 46.6 Å². The molecule has 37 heavy (non-hydrogen) atoms. The van der Waals surface area contributed by atoms with E-state index < -0.39 is 29.2 Å². The third-order valence-corrected chi connectivity index (χ3v) is 8.19. The van der Waals surface area contributed by atoms with E-state index in [1.54, 1.807) is 5.38 Å². The number of nitrogens with zero attached hydrogens (tertiary/aromatic N) is 6. The molecule has 3 aromatic rings. The minimum Gasteiger partial charge on any atom is -0.477 e. The Bertz CT molecular complexity index is 1510. The number of thiazole rings is 1. The van der Waals surface area contributed by atoms with Gasteiger partial charge in [0.25, 0.3) is 11.8 Å². The van der Waals surface area contributed by atoms with E-state index in [9.17, 15) is 19.5 Å². The number of β-lactam (4-membered cyclic amide) rings is 1. The number of nitrogen functional groups attached to an aromatic ring is 1. The molecule has 5 heterocycles. The summed E-state index contributed by atoms with van der Waals surface area (Å²) in [6.07, 6.45) is 3.74. The van der Waals surface area contributed by atoms with Gasteiger partial charge in [-0.15, -0.1) is 23.1 Å². The SMILES string of the molecule is CO/N=C(\C(=O)N[C@@H]1C(=O)N2C(C(=O)O)=C(C[n+]3ccc4nc(C)n(C)c4c3)CS[C@H]12)c1csc(N)n1. The molecule has 15 heteroatoms. The molecule has 0 aliphatic carbocycles. The van der Waals surface area contributed by atoms with E-state index in [0.717, 1.165) is 28.2 Å². The molecule has 0 spiro atoms. The molecule has 2 amide bonds. The minimum atomic E-state index is -1.20. The fraction of sp³-hybridized carbons (Fsp3) is 0.318. The number of aryl methyl sites for hydroxylation is 2. The Morgan fingerprint density at radius 1 is 1.41 bits per heavy atom. The summed E-state index contributed by atoms with van der Waals surface area (Å²) in [7, 11) is 3.20. The van der Waals surface area contributed by atoms with Crippen molar-refractivity contribution < 1.29 is 28.9 Å². The highest BCUT2D eigenvalue weighted by atomic mass is 32.2. The molecule has 3 aromatic heterocycles. The van der Waals surface area contributed by atoms with E-state index in [1.165, 1.54) is 23.8 Å². The summed E-state index contributed by atoms with van der Waals surface area (Å²) in [5.74, 6) is -1.15. The Labute approximate surface area is 218 Å². The third-order valence-electron chi connectivity index (χ3n) is 6.18. The summed E-state index contributed by atoms with van der Waals surface area (Å²) in [5.41, 5.74) is 8.03. The topological polar surface area (TPSA) is 169 Å². The number of nitrogens with one attached hydrogen (secondary N) is 1. The van der Waals surface area contributed by atoms with Crippen molar-refractivity contribution >= 4 is 62.8 Å². The molecule has 2 aliphatic rings. The number of carboxylic acid groups (broad SMARTS) is 1. The number of oxime groups is 1. The van der Waals surface area contributed by atoms with Gasteiger partial charge in [-0.05, 0) is 6.92 Å². The Morgan fingerprint density at radius 3 is 2.86 bits per heavy atom. The number of thioether (sulfide) groups is 1. The number of carbonyl (C=O) groups excluding carboxylic acids is 2. The average molecular weight is 544 g/mol. The molecule has 0 bridgehead atoms. The van der Waals surface area contributed by atoms with Crippen LogP contribution in [-0.4, -0.2) is 72.3 Å². The predicted molar refractivity (Wildman–Crippen MR) is 135 cm³/mol. The van der Waals surface area contributed by atoms with E-state index in [4.69, 9.17) is 10.6 Å². The molecule has 4 N–H and O–H groups in total. The summed E-state index contributed by atoms with van der Waals surface area (Å²) < 4.78 is 3.83. The largest absolute Gasteiger partial charge is 0.477 e. The van der Waals surface area contributed by atoms with Gasteiger partial charge in [0.1, 0.15) is 46.8 Å². The van der Waals surface area contributed by atoms with Crippen LogP contribution in [0.2, 0.25) is 0 Å². The van der Waals surface area contributed by atoms with Gasteiger partial charge in [-0.1, -0.05) is 5.16 Å². The second-order valence-electron chi connectivity index (χ2n) is 8.42. The quantitative estimate of drug-likeness (QED) is 0.161. The van der Waals surface area contributed by atoms with Crippen molar-refractivity contribution in [1.82, 2.24) is 24.8 Å². The van der Waals surface area contributed by atoms with Gasteiger partial charge in [-0.25, -0.2) is 14.8 Å². The van der Waals surface area contributed by atoms with Crippen molar-refractivity contribution in [1.29, 1.82) is 0 Å². The number of hydrogen-bond acceptors (Lipinski definition) is 10. The molecular weight excluding hydrogens is 520 g/mol. The Balaban J connectivity index is 1.37. The van der Waals surface area contributed by atoms with Gasteiger partial charge in [0.05, 0.1) is 0 Å². The summed E-state index contributed by atoms with van der Waals surface area (Å²) >= 11 is 2.52. The molecule has 0 radical (unpaired) electrons. The van der Waals surface area contributed by atoms with Crippen LogP contribution in [0.3, 0.4) is 0 Å². The molecule has 0 saturated carbocycles. The number of hydrogen-bond donors (Lipinski definition) is 3. The molecule has 2 atom stereocenters. The second-order valence-corrected chi connectivity index (χ2v) is 10.4. The number of carboxylic acids is 1. The maximum absolute atomic E-state index is 13.1. The van der Waals surface area contributed by atoms with Crippen molar-refractivity contribution in [3.8, 4) is 0 Å². The van der Waals surface area contributed by atoms with E-state index >= 15 is 0 Å². The lowest BCUT2D eigenvalue weighted by molar-refractivity contribution is -0.687. The fourth-order valence-electron chi connectivity index (χ4n) is 4.32. The van der Waals surface area contributed by atoms with Gasteiger partial charge >= 0.3 is 5.97 Å². The molecule has 0 unspecified atom stereocenters. The van der Waals surface area contributed by atoms with Crippen LogP contribution < -0.4 is 15.6 Å². The highest BCUT2D eigenvalue weighted by Crippen LogP contribution is 2.40. The predicted octanol–water partition coefficient (Wildman–Crippen LogP) is -0.00278. The van der Waals surface area contributed by atoms with Gasteiger partial charge in [-0.2, -0.15) is 4.57 Å². The zero-order chi connectivity index (χ0) is 26.4. The van der Waals surface area contributed by atoms with Crippen LogP contribution in [-0.2, 0) is 32.8 Å². The standard InChI is InChI=1S/C22H22N8O5S2/c1-10-24-12-4-5-29(7-14(12)28(10)2)6-11-8-36-20-16(19(32)30(20)17(11)21(33)34)26-18(31)15(27-35-3)13-9-37-22(23)25-13/h4-5,7,9,16,20H,6,8H2,1-3H3,(H3-,23,25,26,31,33,34)/p+1/b27-15-/t16-,20-/m1/s1. The van der Waals surface area contributed by atoms with E-state index in [2.05, 4.69) is 20.4 Å². The molecule has 13 nitrogen and oxygen atoms in total. The first-order chi connectivity index (χ1) is 17.7. The van der Waals surface area contributed by atoms with Crippen LogP contribution in [0.25, 0.3) is 11.0 Å². The zero-order valence-corrected chi connectivity index (χ0v) is 21.7. The molecule has 0 aromatic carbocycles. The first kappa shape index (κ1) is 24.7. The number of imidazole rings is 1. The Morgan fingerprint density at radius 2 is 2.19 bits per heavy atom. The normalized spacial score (nSPS) is 19.6. The molecule has 1 saturated heterocycles. The van der Waals surface area contributed by atoms with Gasteiger partial charge in [0.2, 0.25) is 0 Å². The monoisotopic (exact) mass is 543 g/mol. The Kier molecular flexibility index (Phi) is 6.33. The molecular formula is C22H23N8O5S2+. The van der Waals surface area contributed by atoms with Gasteiger partial charge in [-0.3, -0.25) is 14.5 Å². The highest BCUT2D eigenvalue weighted by Gasteiger charge is 2.54. The maximum atomic E-state index is 13.1. The number of aliphatic carboxylic acids is 1. The van der Waals surface area contributed by atoms with Crippen LogP contribution in [0, 0.1) is 6.92 Å². The number of pyridine rings is 1. The van der Waals surface area contributed by atoms with Crippen molar-refractivity contribution in [2.24, 2.45) is 12.2 Å². The van der Waals surface area contributed by atoms with E-state index in [0.29, 0.717) is 11.3 Å². The molecule has 1 fully saturated rings. The van der Waals surface area contributed by atoms with Crippen LogP contribution >= 0.6 is 23.1 Å². The van der Waals surface area contributed by atoms with Crippen LogP contribution in [0.15, 0.2) is 40.3 Å². The maximum Gasteiger partial charge on any atom is 0.352 e. The van der Waals surface area contributed by atoms with E-state index in [-0.39, 0.29) is 28.8 Å². The summed E-state index contributed by atoms with van der Waals surface area (Å²) in [6.45, 7) is 2.20. The number of amides is 2. The number of carbonyl (C=O) groups is 3. The van der Waals surface area contributed by atoms with Crippen molar-refractivity contribution in [3.63, 3.8) is 0 Å². The van der Waals surface area contributed by atoms with Gasteiger partial charge in [0.15, 0.2) is 29.8 Å². The van der Waals surface area contributed by atoms with Crippen molar-refractivity contribution in [2.45, 2.75) is 24.9 Å². The molecule has 192 valence electrons. The molecule has 5 rings (SSSR count). The van der Waals surface area contributed by atoms with Crippen LogP contribution in [0.5, 0.6) is 0 Å². The first-order valence-corrected chi connectivity index (χ1v) is 13.0. The summed E-state index contributed by atoms with van der Waals surface area (Å²) in [6, 6.07) is 0.949. The highest BCUT2D eigenvalue weighted by molar-refractivity contribution is 8.00. The number of fused-ring (bicyclic) bond motifs is 2. The number of aromatic nitrogens is 4. The number of rotatable bonds is 7. The van der Waals surface area contributed by atoms with Crippen LogP contribution in [0.1, 0.15) is 11.5 Å². The fourth-order valence-corrected chi connectivity index (χ4v) is 6.20. The molecule has 2 aliphatic heterocycles. The number of anilines is 1. The lowest BCUT2D eigenvalue weighted by Gasteiger charge is -2.49.